The number of likely N-dealkylation sites (N-methyl/N-ethyl adjacent to an activating group) is 1. The number of anilines is 2. The minimum atomic E-state index is -1.04. The second-order valence-corrected chi connectivity index (χ2v) is 4.82. The maximum absolute atomic E-state index is 11.8. The third kappa shape index (κ3) is 4.15. The molecule has 0 bridgehead atoms. The van der Waals surface area contributed by atoms with Crippen LogP contribution in [0.2, 0.25) is 0 Å². The van der Waals surface area contributed by atoms with E-state index in [9.17, 15) is 14.7 Å². The van der Waals surface area contributed by atoms with Crippen molar-refractivity contribution in [1.29, 1.82) is 0 Å². The van der Waals surface area contributed by atoms with Crippen LogP contribution in [-0.2, 0) is 4.79 Å². The zero-order valence-corrected chi connectivity index (χ0v) is 12.0. The van der Waals surface area contributed by atoms with Gasteiger partial charge in [-0.15, -0.1) is 0 Å². The molecule has 0 unspecified atom stereocenters. The molecule has 0 radical (unpaired) electrons. The fourth-order valence-electron chi connectivity index (χ4n) is 1.90. The molecule has 6 nitrogen and oxygen atoms in total. The van der Waals surface area contributed by atoms with E-state index in [0.29, 0.717) is 17.9 Å². The van der Waals surface area contributed by atoms with Gasteiger partial charge in [0.2, 0.25) is 5.91 Å². The van der Waals surface area contributed by atoms with Gasteiger partial charge in [-0.25, -0.2) is 4.79 Å². The lowest BCUT2D eigenvalue weighted by Gasteiger charge is -2.25. The zero-order chi connectivity index (χ0) is 15.3. The number of nitrogen functional groups attached to an aromatic ring is 1. The number of rotatable bonds is 6. The summed E-state index contributed by atoms with van der Waals surface area (Å²) in [5, 5.41) is 12.0. The van der Waals surface area contributed by atoms with E-state index < -0.39 is 5.97 Å². The summed E-state index contributed by atoms with van der Waals surface area (Å²) in [6, 6.07) is 4.61. The summed E-state index contributed by atoms with van der Waals surface area (Å²) in [7, 11) is 0. The fourth-order valence-corrected chi connectivity index (χ4v) is 1.90. The van der Waals surface area contributed by atoms with Crippen LogP contribution in [0.3, 0.4) is 0 Å². The third-order valence-electron chi connectivity index (χ3n) is 2.76. The number of carbonyl (C=O) groups is 2. The molecular weight excluding hydrogens is 258 g/mol. The summed E-state index contributed by atoms with van der Waals surface area (Å²) in [6.07, 6.45) is 0. The molecule has 4 N–H and O–H groups in total. The van der Waals surface area contributed by atoms with Crippen LogP contribution in [0.15, 0.2) is 18.2 Å². The first-order valence-electron chi connectivity index (χ1n) is 6.52. The van der Waals surface area contributed by atoms with Crippen LogP contribution in [0.25, 0.3) is 0 Å². The maximum atomic E-state index is 11.8. The predicted octanol–water partition coefficient (Wildman–Crippen LogP) is 1.32. The van der Waals surface area contributed by atoms with Crippen molar-refractivity contribution in [2.75, 3.05) is 23.7 Å². The van der Waals surface area contributed by atoms with Crippen LogP contribution >= 0.6 is 0 Å². The van der Waals surface area contributed by atoms with Gasteiger partial charge in [-0.2, -0.15) is 0 Å². The van der Waals surface area contributed by atoms with Crippen LogP contribution in [0.5, 0.6) is 0 Å². The van der Waals surface area contributed by atoms with E-state index in [2.05, 4.69) is 5.32 Å². The van der Waals surface area contributed by atoms with Crippen molar-refractivity contribution in [3.63, 3.8) is 0 Å². The zero-order valence-electron chi connectivity index (χ0n) is 12.0. The van der Waals surface area contributed by atoms with E-state index in [0.717, 1.165) is 0 Å². The number of carboxylic acid groups (broad SMARTS) is 1. The molecule has 0 heterocycles. The number of nitrogens with two attached hydrogens (primary N) is 1. The standard InChI is InChI=1S/C14H21N3O3/c1-4-17(8-13(18)16-9(2)3)12-7-10(15)5-6-11(12)14(19)20/h5-7,9H,4,8,15H2,1-3H3,(H,16,18)(H,19,20). The van der Waals surface area contributed by atoms with Gasteiger partial charge in [-0.1, -0.05) is 0 Å². The first-order chi connectivity index (χ1) is 9.35. The summed E-state index contributed by atoms with van der Waals surface area (Å²) in [6.45, 7) is 6.21. The number of hydrogen-bond donors (Lipinski definition) is 3. The van der Waals surface area contributed by atoms with Gasteiger partial charge in [-0.3, -0.25) is 4.79 Å². The van der Waals surface area contributed by atoms with Gasteiger partial charge in [0.05, 0.1) is 17.8 Å². The minimum absolute atomic E-state index is 0.0426. The second-order valence-electron chi connectivity index (χ2n) is 4.82. The number of amides is 1. The Balaban J connectivity index is 3.02. The SMILES string of the molecule is CCN(CC(=O)NC(C)C)c1cc(N)ccc1C(=O)O. The largest absolute Gasteiger partial charge is 0.478 e. The summed E-state index contributed by atoms with van der Waals surface area (Å²) in [5.41, 5.74) is 6.77. The number of aromatic carboxylic acids is 1. The molecule has 0 saturated carbocycles. The monoisotopic (exact) mass is 279 g/mol. The van der Waals surface area contributed by atoms with Gasteiger partial charge in [0.15, 0.2) is 0 Å². The Bertz CT molecular complexity index is 500. The quantitative estimate of drug-likeness (QED) is 0.682. The Kier molecular flexibility index (Phi) is 5.37. The summed E-state index contributed by atoms with van der Waals surface area (Å²) >= 11 is 0. The van der Waals surface area contributed by atoms with Gasteiger partial charge < -0.3 is 21.1 Å². The molecule has 0 saturated heterocycles. The van der Waals surface area contributed by atoms with Gasteiger partial charge in [0.25, 0.3) is 0 Å². The van der Waals surface area contributed by atoms with Crippen molar-refractivity contribution >= 4 is 23.3 Å². The number of nitrogens with zero attached hydrogens (tertiary/aromatic N) is 1. The number of carbonyl (C=O) groups excluding carboxylic acids is 1. The van der Waals surface area contributed by atoms with E-state index in [1.165, 1.54) is 12.1 Å². The van der Waals surface area contributed by atoms with Crippen molar-refractivity contribution in [2.45, 2.75) is 26.8 Å². The molecule has 6 heteroatoms. The third-order valence-corrected chi connectivity index (χ3v) is 2.76. The van der Waals surface area contributed by atoms with Crippen LogP contribution in [-0.4, -0.2) is 36.1 Å². The lowest BCUT2D eigenvalue weighted by Crippen LogP contribution is -2.40. The molecule has 110 valence electrons. The van der Waals surface area contributed by atoms with Crippen molar-refractivity contribution in [3.05, 3.63) is 23.8 Å². The Hall–Kier alpha value is -2.24. The normalized spacial score (nSPS) is 10.4. The molecule has 1 aromatic rings. The highest BCUT2D eigenvalue weighted by Crippen LogP contribution is 2.23. The predicted molar refractivity (Wildman–Crippen MR) is 79.0 cm³/mol. The molecule has 0 aromatic heterocycles. The molecule has 1 amide bonds. The van der Waals surface area contributed by atoms with Crippen molar-refractivity contribution in [1.82, 2.24) is 5.32 Å². The Morgan fingerprint density at radius 3 is 2.55 bits per heavy atom. The van der Waals surface area contributed by atoms with Gasteiger partial charge in [-0.05, 0) is 39.0 Å². The highest BCUT2D eigenvalue weighted by Gasteiger charge is 2.18. The highest BCUT2D eigenvalue weighted by molar-refractivity contribution is 5.96. The minimum Gasteiger partial charge on any atom is -0.478 e. The Morgan fingerprint density at radius 2 is 2.05 bits per heavy atom. The molecule has 0 atom stereocenters. The first kappa shape index (κ1) is 15.8. The van der Waals surface area contributed by atoms with Crippen molar-refractivity contribution < 1.29 is 14.7 Å². The van der Waals surface area contributed by atoms with E-state index in [4.69, 9.17) is 5.73 Å². The Labute approximate surface area is 118 Å². The molecule has 0 spiro atoms. The molecule has 0 aliphatic carbocycles. The lowest BCUT2D eigenvalue weighted by molar-refractivity contribution is -0.120. The van der Waals surface area contributed by atoms with E-state index in [-0.39, 0.29) is 24.1 Å². The average Bonchev–Trinajstić information content (AvgIpc) is 2.34. The number of hydrogen-bond acceptors (Lipinski definition) is 4. The van der Waals surface area contributed by atoms with Crippen LogP contribution in [0, 0.1) is 0 Å². The number of carboxylic acids is 1. The van der Waals surface area contributed by atoms with Gasteiger partial charge >= 0.3 is 5.97 Å². The fraction of sp³-hybridized carbons (Fsp3) is 0.429. The number of nitrogens with one attached hydrogen (secondary N) is 1. The first-order valence-corrected chi connectivity index (χ1v) is 6.52. The van der Waals surface area contributed by atoms with E-state index in [1.807, 2.05) is 20.8 Å². The summed E-state index contributed by atoms with van der Waals surface area (Å²) < 4.78 is 0. The molecule has 1 rings (SSSR count). The van der Waals surface area contributed by atoms with Crippen LogP contribution < -0.4 is 16.0 Å². The molecule has 0 aliphatic rings. The molecular formula is C14H21N3O3. The summed E-state index contributed by atoms with van der Waals surface area (Å²) in [5.74, 6) is -1.19. The Morgan fingerprint density at radius 1 is 1.40 bits per heavy atom. The van der Waals surface area contributed by atoms with Gasteiger partial charge in [0, 0.05) is 18.3 Å². The lowest BCUT2D eigenvalue weighted by atomic mass is 10.1. The van der Waals surface area contributed by atoms with Crippen molar-refractivity contribution in [3.8, 4) is 0 Å². The smallest absolute Gasteiger partial charge is 0.337 e. The number of benzene rings is 1. The van der Waals surface area contributed by atoms with E-state index >= 15 is 0 Å². The molecule has 0 fully saturated rings. The van der Waals surface area contributed by atoms with Crippen LogP contribution in [0.1, 0.15) is 31.1 Å². The van der Waals surface area contributed by atoms with Gasteiger partial charge in [0.1, 0.15) is 0 Å². The maximum Gasteiger partial charge on any atom is 0.337 e. The average molecular weight is 279 g/mol. The molecule has 1 aromatic carbocycles. The second kappa shape index (κ2) is 6.79. The van der Waals surface area contributed by atoms with Crippen LogP contribution in [0.4, 0.5) is 11.4 Å². The molecule has 20 heavy (non-hydrogen) atoms. The van der Waals surface area contributed by atoms with E-state index in [1.54, 1.807) is 11.0 Å². The van der Waals surface area contributed by atoms with Crippen molar-refractivity contribution in [2.24, 2.45) is 0 Å². The summed E-state index contributed by atoms with van der Waals surface area (Å²) in [4.78, 5) is 24.8. The highest BCUT2D eigenvalue weighted by atomic mass is 16.4. The molecule has 0 aliphatic heterocycles. The topological polar surface area (TPSA) is 95.7 Å².